The van der Waals surface area contributed by atoms with Crippen molar-refractivity contribution in [3.8, 4) is 0 Å². The number of halogens is 3. The molecule has 0 bridgehead atoms. The average molecular weight is 310 g/mol. The lowest BCUT2D eigenvalue weighted by Gasteiger charge is -2.28. The van der Waals surface area contributed by atoms with Gasteiger partial charge < -0.3 is 9.05 Å². The third kappa shape index (κ3) is 3.25. The monoisotopic (exact) mass is 310 g/mol. The van der Waals surface area contributed by atoms with Crippen LogP contribution in [-0.4, -0.2) is 18.9 Å². The minimum atomic E-state index is -4.87. The Bertz CT molecular complexity index is 484. The molecule has 3 nitrogen and oxygen atoms in total. The summed E-state index contributed by atoms with van der Waals surface area (Å²) in [6.45, 7) is 3.77. The van der Waals surface area contributed by atoms with Crippen LogP contribution in [0.4, 0.5) is 13.2 Å². The summed E-state index contributed by atoms with van der Waals surface area (Å²) in [5.74, 6) is 0. The molecule has 20 heavy (non-hydrogen) atoms. The molecule has 0 spiro atoms. The van der Waals surface area contributed by atoms with Gasteiger partial charge in [0.25, 0.3) is 0 Å². The molecule has 0 aliphatic heterocycles. The van der Waals surface area contributed by atoms with Gasteiger partial charge in [0.15, 0.2) is 0 Å². The van der Waals surface area contributed by atoms with Gasteiger partial charge in [-0.1, -0.05) is 24.3 Å². The molecular weight excluding hydrogens is 292 g/mol. The molecular formula is C13H18F3O3P. The van der Waals surface area contributed by atoms with Gasteiger partial charge in [-0.05, 0) is 31.9 Å². The molecule has 1 unspecified atom stereocenters. The first-order valence-electron chi connectivity index (χ1n) is 6.26. The first-order valence-corrected chi connectivity index (χ1v) is 7.81. The molecule has 1 atom stereocenters. The van der Waals surface area contributed by atoms with E-state index in [9.17, 15) is 17.7 Å². The van der Waals surface area contributed by atoms with E-state index < -0.39 is 19.4 Å². The zero-order valence-electron chi connectivity index (χ0n) is 11.6. The van der Waals surface area contributed by atoms with Crippen molar-refractivity contribution in [2.24, 2.45) is 0 Å². The molecule has 1 aromatic carbocycles. The largest absolute Gasteiger partial charge is 0.403 e. The van der Waals surface area contributed by atoms with E-state index in [-0.39, 0.29) is 18.8 Å². The minimum absolute atomic E-state index is 0.225. The lowest BCUT2D eigenvalue weighted by molar-refractivity contribution is -0.0294. The predicted octanol–water partition coefficient (Wildman–Crippen LogP) is 4.86. The van der Waals surface area contributed by atoms with Crippen LogP contribution in [0.25, 0.3) is 0 Å². The third-order valence-electron chi connectivity index (χ3n) is 2.73. The van der Waals surface area contributed by atoms with Crippen molar-refractivity contribution in [1.82, 2.24) is 0 Å². The van der Waals surface area contributed by atoms with Crippen LogP contribution in [0.1, 0.15) is 31.1 Å². The van der Waals surface area contributed by atoms with Gasteiger partial charge >= 0.3 is 13.3 Å². The topological polar surface area (TPSA) is 35.5 Å². The summed E-state index contributed by atoms with van der Waals surface area (Å²) in [6, 6.07) is 5.78. The van der Waals surface area contributed by atoms with E-state index in [1.54, 1.807) is 6.07 Å². The van der Waals surface area contributed by atoms with Gasteiger partial charge in [-0.15, -0.1) is 0 Å². The molecule has 0 amide bonds. The number of hydrogen-bond acceptors (Lipinski definition) is 3. The summed E-state index contributed by atoms with van der Waals surface area (Å²) >= 11 is 0. The molecule has 0 heterocycles. The van der Waals surface area contributed by atoms with Crippen molar-refractivity contribution in [3.05, 3.63) is 35.4 Å². The highest BCUT2D eigenvalue weighted by Gasteiger charge is 2.60. The van der Waals surface area contributed by atoms with Gasteiger partial charge in [-0.25, -0.2) is 4.39 Å². The molecule has 1 aromatic rings. The molecule has 0 aliphatic carbocycles. The van der Waals surface area contributed by atoms with Crippen molar-refractivity contribution in [1.29, 1.82) is 0 Å². The number of benzene rings is 1. The molecule has 0 radical (unpaired) electrons. The number of aryl methyl sites for hydroxylation is 1. The van der Waals surface area contributed by atoms with Crippen LogP contribution < -0.4 is 0 Å². The zero-order chi connectivity index (χ0) is 15.4. The lowest BCUT2D eigenvalue weighted by Crippen LogP contribution is -2.27. The number of rotatable bonds is 7. The smallest absolute Gasteiger partial charge is 0.305 e. The van der Waals surface area contributed by atoms with Crippen LogP contribution in [0.5, 0.6) is 0 Å². The molecule has 1 rings (SSSR count). The van der Waals surface area contributed by atoms with Crippen LogP contribution in [0.15, 0.2) is 24.3 Å². The van der Waals surface area contributed by atoms with Crippen molar-refractivity contribution >= 4 is 7.60 Å². The summed E-state index contributed by atoms with van der Waals surface area (Å²) in [5.41, 5.74) is -4.12. The maximum absolute atomic E-state index is 14.2. The second kappa shape index (κ2) is 6.74. The average Bonchev–Trinajstić information content (AvgIpc) is 2.39. The highest BCUT2D eigenvalue weighted by Crippen LogP contribution is 2.67. The standard InChI is InChI=1S/C13H18F3O3P/c1-4-18-20(17,19-5-2)13(15,16)12(14)11-9-7-6-8-10(11)3/h6-9,12H,4-5H2,1-3H3. The Morgan fingerprint density at radius 3 is 2.15 bits per heavy atom. The Balaban J connectivity index is 3.19. The van der Waals surface area contributed by atoms with Crippen LogP contribution in [0.3, 0.4) is 0 Å². The SMILES string of the molecule is CCOP(=O)(OCC)C(F)(F)C(F)c1ccccc1C. The van der Waals surface area contributed by atoms with Gasteiger partial charge in [-0.3, -0.25) is 4.57 Å². The quantitative estimate of drug-likeness (QED) is 0.674. The Hall–Kier alpha value is -0.840. The zero-order valence-corrected chi connectivity index (χ0v) is 12.5. The molecule has 0 N–H and O–H groups in total. The van der Waals surface area contributed by atoms with Gasteiger partial charge in [0, 0.05) is 0 Å². The fraction of sp³-hybridized carbons (Fsp3) is 0.538. The molecule has 0 saturated carbocycles. The van der Waals surface area contributed by atoms with Gasteiger partial charge in [0.2, 0.25) is 6.17 Å². The first-order chi connectivity index (χ1) is 9.30. The highest BCUT2D eigenvalue weighted by molar-refractivity contribution is 7.55. The van der Waals surface area contributed by atoms with E-state index in [1.165, 1.54) is 39.0 Å². The number of alkyl halides is 3. The van der Waals surface area contributed by atoms with Gasteiger partial charge in [0.1, 0.15) is 0 Å². The Kier molecular flexibility index (Phi) is 5.80. The summed E-state index contributed by atoms with van der Waals surface area (Å²) in [4.78, 5) is 0. The van der Waals surface area contributed by atoms with Crippen molar-refractivity contribution in [2.75, 3.05) is 13.2 Å². The van der Waals surface area contributed by atoms with Crippen LogP contribution in [-0.2, 0) is 13.6 Å². The van der Waals surface area contributed by atoms with Gasteiger partial charge in [-0.2, -0.15) is 8.78 Å². The summed E-state index contributed by atoms with van der Waals surface area (Å²) in [5, 5.41) is 0. The third-order valence-corrected chi connectivity index (χ3v) is 4.88. The second-order valence-electron chi connectivity index (χ2n) is 4.14. The molecule has 7 heteroatoms. The highest BCUT2D eigenvalue weighted by atomic mass is 31.2. The Morgan fingerprint density at radius 1 is 1.20 bits per heavy atom. The van der Waals surface area contributed by atoms with E-state index in [1.807, 2.05) is 0 Å². The van der Waals surface area contributed by atoms with Crippen LogP contribution in [0.2, 0.25) is 0 Å². The normalized spacial score (nSPS) is 14.3. The molecule has 0 fully saturated rings. The second-order valence-corrected chi connectivity index (χ2v) is 6.25. The lowest BCUT2D eigenvalue weighted by atomic mass is 10.0. The van der Waals surface area contributed by atoms with E-state index in [0.29, 0.717) is 5.56 Å². The van der Waals surface area contributed by atoms with Gasteiger partial charge in [0.05, 0.1) is 13.2 Å². The fourth-order valence-corrected chi connectivity index (χ4v) is 3.26. The van der Waals surface area contributed by atoms with E-state index in [4.69, 9.17) is 0 Å². The Labute approximate surface area is 116 Å². The summed E-state index contributed by atoms with van der Waals surface area (Å²) < 4.78 is 63.9. The maximum Gasteiger partial charge on any atom is 0.403 e. The first kappa shape index (κ1) is 17.2. The maximum atomic E-state index is 14.2. The van der Waals surface area contributed by atoms with Crippen molar-refractivity contribution in [2.45, 2.75) is 32.6 Å². The van der Waals surface area contributed by atoms with Crippen molar-refractivity contribution < 1.29 is 26.8 Å². The molecule has 0 saturated heterocycles. The molecule has 114 valence electrons. The minimum Gasteiger partial charge on any atom is -0.305 e. The molecule has 0 aromatic heterocycles. The fourth-order valence-electron chi connectivity index (χ4n) is 1.75. The Morgan fingerprint density at radius 2 is 1.70 bits per heavy atom. The summed E-state index contributed by atoms with van der Waals surface area (Å²) in [7, 11) is -4.87. The van der Waals surface area contributed by atoms with E-state index >= 15 is 0 Å². The predicted molar refractivity (Wildman–Crippen MR) is 70.8 cm³/mol. The number of hydrogen-bond donors (Lipinski definition) is 0. The van der Waals surface area contributed by atoms with E-state index in [0.717, 1.165) is 0 Å². The van der Waals surface area contributed by atoms with E-state index in [2.05, 4.69) is 9.05 Å². The van der Waals surface area contributed by atoms with Crippen LogP contribution in [0, 0.1) is 6.92 Å². The van der Waals surface area contributed by atoms with Crippen molar-refractivity contribution in [3.63, 3.8) is 0 Å². The van der Waals surface area contributed by atoms with Crippen LogP contribution >= 0.6 is 7.60 Å². The molecule has 0 aliphatic rings. The summed E-state index contributed by atoms with van der Waals surface area (Å²) in [6.07, 6.45) is -2.76.